The van der Waals surface area contributed by atoms with Crippen LogP contribution in [0.5, 0.6) is 0 Å². The predicted octanol–water partition coefficient (Wildman–Crippen LogP) is 4.29. The van der Waals surface area contributed by atoms with Gasteiger partial charge in [-0.3, -0.25) is 4.98 Å². The fraction of sp³-hybridized carbons (Fsp3) is 0.500. The van der Waals surface area contributed by atoms with Crippen LogP contribution in [0.4, 0.5) is 0 Å². The second kappa shape index (κ2) is 6.36. The largest absolute Gasteiger partial charge is 0.308 e. The van der Waals surface area contributed by atoms with Crippen LogP contribution in [-0.2, 0) is 6.54 Å². The van der Waals surface area contributed by atoms with Crippen molar-refractivity contribution in [3.63, 3.8) is 0 Å². The molecule has 1 atom stereocenters. The Morgan fingerprint density at radius 1 is 1.10 bits per heavy atom. The summed E-state index contributed by atoms with van der Waals surface area (Å²) >= 11 is 0. The number of rotatable bonds is 4. The maximum Gasteiger partial charge on any atom is 0.0705 e. The number of nitrogens with one attached hydrogen (secondary N) is 1. The summed E-state index contributed by atoms with van der Waals surface area (Å²) in [7, 11) is 0. The average molecular weight is 268 g/mol. The molecule has 0 amide bonds. The molecular formula is C18H24N2. The average Bonchev–Trinajstić information content (AvgIpc) is 2.53. The van der Waals surface area contributed by atoms with Crippen LogP contribution in [0.3, 0.4) is 0 Å². The number of pyridine rings is 1. The van der Waals surface area contributed by atoms with Crippen LogP contribution in [0.15, 0.2) is 36.4 Å². The molecule has 1 aromatic heterocycles. The Balaban J connectivity index is 1.61. The molecule has 0 radical (unpaired) electrons. The van der Waals surface area contributed by atoms with Gasteiger partial charge in [0.2, 0.25) is 0 Å². The van der Waals surface area contributed by atoms with E-state index in [2.05, 4.69) is 48.6 Å². The number of aromatic nitrogens is 1. The van der Waals surface area contributed by atoms with E-state index in [-0.39, 0.29) is 0 Å². The molecule has 2 heteroatoms. The molecule has 106 valence electrons. The van der Waals surface area contributed by atoms with E-state index in [0.717, 1.165) is 23.7 Å². The molecule has 2 nitrogen and oxygen atoms in total. The van der Waals surface area contributed by atoms with Crippen molar-refractivity contribution < 1.29 is 0 Å². The highest BCUT2D eigenvalue weighted by atomic mass is 14.9. The van der Waals surface area contributed by atoms with Gasteiger partial charge in [-0.25, -0.2) is 0 Å². The third kappa shape index (κ3) is 3.18. The van der Waals surface area contributed by atoms with Gasteiger partial charge in [-0.15, -0.1) is 0 Å². The normalized spacial score (nSPS) is 18.2. The van der Waals surface area contributed by atoms with Crippen LogP contribution >= 0.6 is 0 Å². The molecule has 20 heavy (non-hydrogen) atoms. The van der Waals surface area contributed by atoms with E-state index >= 15 is 0 Å². The molecule has 0 aliphatic heterocycles. The molecule has 1 heterocycles. The van der Waals surface area contributed by atoms with Gasteiger partial charge in [-0.1, -0.05) is 43.5 Å². The minimum atomic E-state index is 0.601. The summed E-state index contributed by atoms with van der Waals surface area (Å²) in [5.74, 6) is 0.851. The highest BCUT2D eigenvalue weighted by Gasteiger charge is 2.19. The van der Waals surface area contributed by atoms with Gasteiger partial charge in [0.05, 0.1) is 11.2 Å². The topological polar surface area (TPSA) is 24.9 Å². The molecule has 1 N–H and O–H groups in total. The molecule has 1 saturated carbocycles. The summed E-state index contributed by atoms with van der Waals surface area (Å²) < 4.78 is 0. The van der Waals surface area contributed by atoms with Crippen molar-refractivity contribution in [1.82, 2.24) is 10.3 Å². The molecule has 1 fully saturated rings. The van der Waals surface area contributed by atoms with Gasteiger partial charge in [-0.05, 0) is 37.8 Å². The van der Waals surface area contributed by atoms with Crippen molar-refractivity contribution in [3.8, 4) is 0 Å². The number of benzene rings is 1. The standard InChI is InChI=1S/C18H24N2/c1-14(15-7-3-2-4-8-15)19-13-17-12-11-16-9-5-6-10-18(16)20-17/h5-6,9-12,14-15,19H,2-4,7-8,13H2,1H3. The molecule has 3 rings (SSSR count). The first-order chi connectivity index (χ1) is 9.83. The van der Waals surface area contributed by atoms with Gasteiger partial charge in [0, 0.05) is 18.0 Å². The van der Waals surface area contributed by atoms with Crippen molar-refractivity contribution in [2.75, 3.05) is 0 Å². The smallest absolute Gasteiger partial charge is 0.0705 e. The highest BCUT2D eigenvalue weighted by molar-refractivity contribution is 5.78. The number of para-hydroxylation sites is 1. The van der Waals surface area contributed by atoms with E-state index in [0.29, 0.717) is 6.04 Å². The van der Waals surface area contributed by atoms with Crippen molar-refractivity contribution in [2.45, 2.75) is 51.6 Å². The molecule has 1 aliphatic rings. The maximum atomic E-state index is 4.73. The lowest BCUT2D eigenvalue weighted by molar-refractivity contribution is 0.280. The second-order valence-electron chi connectivity index (χ2n) is 6.06. The summed E-state index contributed by atoms with van der Waals surface area (Å²) in [6.07, 6.45) is 7.02. The highest BCUT2D eigenvalue weighted by Crippen LogP contribution is 2.26. The zero-order valence-corrected chi connectivity index (χ0v) is 12.3. The van der Waals surface area contributed by atoms with Gasteiger partial charge in [-0.2, -0.15) is 0 Å². The fourth-order valence-corrected chi connectivity index (χ4v) is 3.27. The molecular weight excluding hydrogens is 244 g/mol. The summed E-state index contributed by atoms with van der Waals surface area (Å²) in [6.45, 7) is 3.21. The minimum Gasteiger partial charge on any atom is -0.308 e. The second-order valence-corrected chi connectivity index (χ2v) is 6.06. The lowest BCUT2D eigenvalue weighted by Gasteiger charge is -2.28. The van der Waals surface area contributed by atoms with Crippen LogP contribution in [0.25, 0.3) is 10.9 Å². The van der Waals surface area contributed by atoms with Crippen molar-refractivity contribution in [2.24, 2.45) is 5.92 Å². The van der Waals surface area contributed by atoms with E-state index < -0.39 is 0 Å². The molecule has 2 aromatic rings. The Kier molecular flexibility index (Phi) is 4.31. The molecule has 0 saturated heterocycles. The van der Waals surface area contributed by atoms with Crippen LogP contribution in [0, 0.1) is 5.92 Å². The zero-order chi connectivity index (χ0) is 13.8. The Hall–Kier alpha value is -1.41. The van der Waals surface area contributed by atoms with Gasteiger partial charge in [0.25, 0.3) is 0 Å². The molecule has 0 bridgehead atoms. The Labute approximate surface area is 121 Å². The van der Waals surface area contributed by atoms with Gasteiger partial charge < -0.3 is 5.32 Å². The van der Waals surface area contributed by atoms with Crippen molar-refractivity contribution in [1.29, 1.82) is 0 Å². The first-order valence-electron chi connectivity index (χ1n) is 7.91. The molecule has 1 aliphatic carbocycles. The number of hydrogen-bond donors (Lipinski definition) is 1. The summed E-state index contributed by atoms with van der Waals surface area (Å²) in [5, 5.41) is 4.89. The molecule has 1 aromatic carbocycles. The Bertz CT molecular complexity index is 558. The first-order valence-corrected chi connectivity index (χ1v) is 7.91. The van der Waals surface area contributed by atoms with Crippen LogP contribution < -0.4 is 5.32 Å². The maximum absolute atomic E-state index is 4.73. The quantitative estimate of drug-likeness (QED) is 0.894. The van der Waals surface area contributed by atoms with Crippen LogP contribution in [0.2, 0.25) is 0 Å². The summed E-state index contributed by atoms with van der Waals surface area (Å²) in [6, 6.07) is 13.2. The van der Waals surface area contributed by atoms with E-state index in [9.17, 15) is 0 Å². The molecule has 0 spiro atoms. The Morgan fingerprint density at radius 2 is 1.90 bits per heavy atom. The third-order valence-electron chi connectivity index (χ3n) is 4.62. The minimum absolute atomic E-state index is 0.601. The van der Waals surface area contributed by atoms with E-state index in [1.807, 2.05) is 0 Å². The van der Waals surface area contributed by atoms with Crippen molar-refractivity contribution in [3.05, 3.63) is 42.1 Å². The van der Waals surface area contributed by atoms with Gasteiger partial charge in [0.15, 0.2) is 0 Å². The summed E-state index contributed by atoms with van der Waals surface area (Å²) in [5.41, 5.74) is 2.24. The Morgan fingerprint density at radius 3 is 2.75 bits per heavy atom. The number of hydrogen-bond acceptors (Lipinski definition) is 2. The third-order valence-corrected chi connectivity index (χ3v) is 4.62. The van der Waals surface area contributed by atoms with Gasteiger partial charge >= 0.3 is 0 Å². The number of nitrogens with zero attached hydrogens (tertiary/aromatic N) is 1. The SMILES string of the molecule is CC(NCc1ccc2ccccc2n1)C1CCCCC1. The predicted molar refractivity (Wildman–Crippen MR) is 84.6 cm³/mol. The van der Waals surface area contributed by atoms with E-state index in [1.54, 1.807) is 0 Å². The lowest BCUT2D eigenvalue weighted by Crippen LogP contribution is -2.34. The zero-order valence-electron chi connectivity index (χ0n) is 12.3. The van der Waals surface area contributed by atoms with Crippen LogP contribution in [0.1, 0.15) is 44.7 Å². The summed E-state index contributed by atoms with van der Waals surface area (Å²) in [4.78, 5) is 4.73. The van der Waals surface area contributed by atoms with E-state index in [4.69, 9.17) is 4.98 Å². The number of fused-ring (bicyclic) bond motifs is 1. The first kappa shape index (κ1) is 13.6. The van der Waals surface area contributed by atoms with E-state index in [1.165, 1.54) is 37.5 Å². The lowest BCUT2D eigenvalue weighted by atomic mass is 9.84. The molecule has 1 unspecified atom stereocenters. The van der Waals surface area contributed by atoms with Crippen LogP contribution in [-0.4, -0.2) is 11.0 Å². The fourth-order valence-electron chi connectivity index (χ4n) is 3.27. The van der Waals surface area contributed by atoms with Crippen molar-refractivity contribution >= 4 is 10.9 Å². The monoisotopic (exact) mass is 268 g/mol. The van der Waals surface area contributed by atoms with Gasteiger partial charge in [0.1, 0.15) is 0 Å².